The summed E-state index contributed by atoms with van der Waals surface area (Å²) in [7, 11) is 0. The number of nitrogens with two attached hydrogens (primary N) is 1. The van der Waals surface area contributed by atoms with E-state index in [4.69, 9.17) is 5.73 Å². The average Bonchev–Trinajstić information content (AvgIpc) is 2.52. The van der Waals surface area contributed by atoms with Crippen LogP contribution in [0.2, 0.25) is 0 Å². The van der Waals surface area contributed by atoms with E-state index in [1.807, 2.05) is 0 Å². The number of hydrogen-bond donors (Lipinski definition) is 1. The molecule has 0 radical (unpaired) electrons. The van der Waals surface area contributed by atoms with Crippen LogP contribution >= 0.6 is 0 Å². The van der Waals surface area contributed by atoms with Crippen molar-refractivity contribution in [3.05, 3.63) is 47.0 Å². The maximum atomic E-state index is 6.60. The van der Waals surface area contributed by atoms with Crippen LogP contribution in [0, 0.1) is 0 Å². The zero-order chi connectivity index (χ0) is 15.2. The predicted molar refractivity (Wildman–Crippen MR) is 97.4 cm³/mol. The first-order valence-electron chi connectivity index (χ1n) is 8.51. The molecule has 1 unspecified atom stereocenters. The monoisotopic (exact) mass is 301 g/mol. The summed E-state index contributed by atoms with van der Waals surface area (Å²) in [5.41, 5.74) is 11.0. The molecule has 22 heavy (non-hydrogen) atoms. The SMILES string of the molecule is CCCCCC(N)c1c(CC)c(CC)cc2ccccc12.O. The lowest BCUT2D eigenvalue weighted by Gasteiger charge is -2.21. The molecule has 2 aromatic carbocycles. The van der Waals surface area contributed by atoms with Gasteiger partial charge in [-0.1, -0.05) is 70.4 Å². The number of unbranched alkanes of at least 4 members (excludes halogenated alkanes) is 2. The Labute approximate surface area is 135 Å². The van der Waals surface area contributed by atoms with E-state index in [1.54, 1.807) is 0 Å². The number of benzene rings is 2. The number of aryl methyl sites for hydroxylation is 1. The van der Waals surface area contributed by atoms with Crippen LogP contribution in [-0.2, 0) is 12.8 Å². The summed E-state index contributed by atoms with van der Waals surface area (Å²) < 4.78 is 0. The highest BCUT2D eigenvalue weighted by Crippen LogP contribution is 2.32. The van der Waals surface area contributed by atoms with Gasteiger partial charge in [0.25, 0.3) is 0 Å². The van der Waals surface area contributed by atoms with E-state index < -0.39 is 0 Å². The zero-order valence-electron chi connectivity index (χ0n) is 14.3. The quantitative estimate of drug-likeness (QED) is 0.739. The van der Waals surface area contributed by atoms with Crippen molar-refractivity contribution in [2.24, 2.45) is 5.73 Å². The Morgan fingerprint density at radius 2 is 1.73 bits per heavy atom. The van der Waals surface area contributed by atoms with Gasteiger partial charge in [-0.2, -0.15) is 0 Å². The van der Waals surface area contributed by atoms with Crippen LogP contribution in [0.15, 0.2) is 30.3 Å². The van der Waals surface area contributed by atoms with Crippen LogP contribution in [0.5, 0.6) is 0 Å². The van der Waals surface area contributed by atoms with Gasteiger partial charge < -0.3 is 11.2 Å². The molecule has 0 saturated heterocycles. The normalized spacial score (nSPS) is 12.2. The molecule has 2 aromatic rings. The van der Waals surface area contributed by atoms with Crippen molar-refractivity contribution in [2.75, 3.05) is 0 Å². The van der Waals surface area contributed by atoms with Gasteiger partial charge in [0, 0.05) is 6.04 Å². The summed E-state index contributed by atoms with van der Waals surface area (Å²) in [4.78, 5) is 0. The van der Waals surface area contributed by atoms with Crippen molar-refractivity contribution in [3.63, 3.8) is 0 Å². The van der Waals surface area contributed by atoms with Gasteiger partial charge in [-0.25, -0.2) is 0 Å². The smallest absolute Gasteiger partial charge is 0.0303 e. The molecule has 0 bridgehead atoms. The van der Waals surface area contributed by atoms with Gasteiger partial charge in [-0.15, -0.1) is 0 Å². The first kappa shape index (κ1) is 18.7. The highest BCUT2D eigenvalue weighted by Gasteiger charge is 2.16. The minimum atomic E-state index is 0. The standard InChI is InChI=1S/C20H29N.H2O/c1-4-7-8-13-19(21)20-17(6-3)15(5-2)14-16-11-9-10-12-18(16)20;/h9-12,14,19H,4-8,13,21H2,1-3H3;1H2. The molecule has 0 aliphatic rings. The number of fused-ring (bicyclic) bond motifs is 1. The number of hydrogen-bond acceptors (Lipinski definition) is 1. The fourth-order valence-electron chi connectivity index (χ4n) is 3.39. The molecule has 0 amide bonds. The predicted octanol–water partition coefficient (Wildman–Crippen LogP) is 4.72. The van der Waals surface area contributed by atoms with Crippen molar-refractivity contribution < 1.29 is 5.48 Å². The highest BCUT2D eigenvalue weighted by atomic mass is 16.0. The van der Waals surface area contributed by atoms with Gasteiger partial charge in [0.05, 0.1) is 0 Å². The van der Waals surface area contributed by atoms with E-state index in [0.29, 0.717) is 0 Å². The van der Waals surface area contributed by atoms with Crippen LogP contribution in [0.1, 0.15) is 69.2 Å². The Balaban J connectivity index is 0.00000242. The Morgan fingerprint density at radius 1 is 1.00 bits per heavy atom. The molecule has 2 rings (SSSR count). The molecule has 0 aromatic heterocycles. The third-order valence-corrected chi connectivity index (χ3v) is 4.52. The Morgan fingerprint density at radius 3 is 2.36 bits per heavy atom. The highest BCUT2D eigenvalue weighted by molar-refractivity contribution is 5.88. The fourth-order valence-corrected chi connectivity index (χ4v) is 3.39. The lowest BCUT2D eigenvalue weighted by atomic mass is 9.86. The van der Waals surface area contributed by atoms with E-state index in [9.17, 15) is 0 Å². The molecule has 0 saturated carbocycles. The minimum absolute atomic E-state index is 0. The molecule has 0 fully saturated rings. The maximum Gasteiger partial charge on any atom is 0.0303 e. The summed E-state index contributed by atoms with van der Waals surface area (Å²) in [5, 5.41) is 2.70. The summed E-state index contributed by atoms with van der Waals surface area (Å²) >= 11 is 0. The van der Waals surface area contributed by atoms with E-state index in [-0.39, 0.29) is 11.5 Å². The Hall–Kier alpha value is -1.38. The molecular weight excluding hydrogens is 270 g/mol. The van der Waals surface area contributed by atoms with E-state index >= 15 is 0 Å². The third kappa shape index (κ3) is 3.88. The maximum absolute atomic E-state index is 6.60. The van der Waals surface area contributed by atoms with Crippen molar-refractivity contribution in [1.82, 2.24) is 0 Å². The molecule has 0 aliphatic heterocycles. The largest absolute Gasteiger partial charge is 0.412 e. The Kier molecular flexibility index (Phi) is 7.57. The molecule has 2 heteroatoms. The van der Waals surface area contributed by atoms with E-state index in [0.717, 1.165) is 19.3 Å². The van der Waals surface area contributed by atoms with Gasteiger partial charge in [0.15, 0.2) is 0 Å². The Bertz CT molecular complexity index is 592. The molecule has 122 valence electrons. The van der Waals surface area contributed by atoms with E-state index in [2.05, 4.69) is 51.1 Å². The molecular formula is C20H31NO. The second-order valence-electron chi connectivity index (χ2n) is 5.96. The van der Waals surface area contributed by atoms with Gasteiger partial charge >= 0.3 is 0 Å². The van der Waals surface area contributed by atoms with Gasteiger partial charge in [-0.3, -0.25) is 0 Å². The van der Waals surface area contributed by atoms with Gasteiger partial charge in [0.1, 0.15) is 0 Å². The lowest BCUT2D eigenvalue weighted by Crippen LogP contribution is -2.14. The summed E-state index contributed by atoms with van der Waals surface area (Å²) in [6.07, 6.45) is 7.01. The van der Waals surface area contributed by atoms with Crippen LogP contribution in [0.4, 0.5) is 0 Å². The molecule has 4 N–H and O–H groups in total. The van der Waals surface area contributed by atoms with Crippen LogP contribution in [-0.4, -0.2) is 5.48 Å². The van der Waals surface area contributed by atoms with Crippen LogP contribution in [0.3, 0.4) is 0 Å². The third-order valence-electron chi connectivity index (χ3n) is 4.52. The van der Waals surface area contributed by atoms with Crippen molar-refractivity contribution >= 4 is 10.8 Å². The summed E-state index contributed by atoms with van der Waals surface area (Å²) in [6, 6.07) is 11.2. The average molecular weight is 301 g/mol. The zero-order valence-corrected chi connectivity index (χ0v) is 14.3. The molecule has 1 atom stereocenters. The summed E-state index contributed by atoms with van der Waals surface area (Å²) in [5.74, 6) is 0. The first-order valence-corrected chi connectivity index (χ1v) is 8.51. The van der Waals surface area contributed by atoms with Gasteiger partial charge in [-0.05, 0) is 46.7 Å². The second-order valence-corrected chi connectivity index (χ2v) is 5.96. The minimum Gasteiger partial charge on any atom is -0.412 e. The van der Waals surface area contributed by atoms with Crippen LogP contribution < -0.4 is 5.73 Å². The number of rotatable bonds is 7. The fraction of sp³-hybridized carbons (Fsp3) is 0.500. The molecule has 0 spiro atoms. The lowest BCUT2D eigenvalue weighted by molar-refractivity contribution is 0.580. The van der Waals surface area contributed by atoms with Crippen molar-refractivity contribution in [1.29, 1.82) is 0 Å². The topological polar surface area (TPSA) is 57.5 Å². The molecule has 2 nitrogen and oxygen atoms in total. The summed E-state index contributed by atoms with van der Waals surface area (Å²) in [6.45, 7) is 6.75. The van der Waals surface area contributed by atoms with Gasteiger partial charge in [0.2, 0.25) is 0 Å². The molecule has 0 heterocycles. The van der Waals surface area contributed by atoms with Crippen LogP contribution in [0.25, 0.3) is 10.8 Å². The van der Waals surface area contributed by atoms with Crippen molar-refractivity contribution in [2.45, 2.75) is 65.3 Å². The van der Waals surface area contributed by atoms with E-state index in [1.165, 1.54) is 46.7 Å². The first-order chi connectivity index (χ1) is 10.2. The van der Waals surface area contributed by atoms with Crippen molar-refractivity contribution in [3.8, 4) is 0 Å². The molecule has 0 aliphatic carbocycles. The second kappa shape index (κ2) is 8.92.